The van der Waals surface area contributed by atoms with Crippen LogP contribution in [-0.2, 0) is 28.1 Å². The molecule has 4 aliphatic rings. The van der Waals surface area contributed by atoms with E-state index in [2.05, 4.69) is 249 Å². The number of fused-ring (bicyclic) bond motifs is 13. The summed E-state index contributed by atoms with van der Waals surface area (Å²) in [4.78, 5) is 0. The number of para-hydroxylation sites is 1. The van der Waals surface area contributed by atoms with Crippen LogP contribution < -0.4 is 16.2 Å². The number of anilines is 2. The molecule has 9 aromatic carbocycles. The first-order valence-electron chi connectivity index (χ1n) is 28.1. The van der Waals surface area contributed by atoms with E-state index in [9.17, 15) is 0 Å². The van der Waals surface area contributed by atoms with Gasteiger partial charge in [0.25, 0.3) is 0 Å². The van der Waals surface area contributed by atoms with Crippen molar-refractivity contribution in [3.8, 4) is 27.9 Å². The van der Waals surface area contributed by atoms with Crippen LogP contribution >= 0.6 is 0 Å². The van der Waals surface area contributed by atoms with E-state index in [0.717, 1.165) is 51.7 Å². The second-order valence-corrected chi connectivity index (χ2v) is 25.8. The number of benzene rings is 9. The largest absolute Gasteiger partial charge is 0.456 e. The zero-order valence-electron chi connectivity index (χ0n) is 45.9. The number of aromatic nitrogens is 1. The monoisotopic (exact) mass is 996 g/mol. The number of hydrogen-bond acceptors (Lipinski definition) is 2. The van der Waals surface area contributed by atoms with Gasteiger partial charge in [-0.25, -0.2) is 0 Å². The molecule has 4 heteroatoms. The molecule has 0 unspecified atom stereocenters. The zero-order chi connectivity index (χ0) is 52.5. The van der Waals surface area contributed by atoms with Crippen molar-refractivity contribution in [2.75, 3.05) is 5.32 Å². The second kappa shape index (κ2) is 16.1. The minimum absolute atomic E-state index is 0.0521. The third-order valence-corrected chi connectivity index (χ3v) is 18.8. The fraction of sp³-hybridized carbons (Fsp3) is 0.233. The molecule has 375 valence electrons. The van der Waals surface area contributed by atoms with Gasteiger partial charge in [0.2, 0.25) is 0 Å². The lowest BCUT2D eigenvalue weighted by Gasteiger charge is -2.42. The third kappa shape index (κ3) is 6.89. The maximum absolute atomic E-state index is 6.72. The van der Waals surface area contributed by atoms with Crippen molar-refractivity contribution in [1.29, 1.82) is 0 Å². The molecule has 2 aromatic heterocycles. The lowest BCUT2D eigenvalue weighted by Crippen LogP contribution is -2.38. The van der Waals surface area contributed by atoms with Crippen LogP contribution in [0.1, 0.15) is 132 Å². The summed E-state index contributed by atoms with van der Waals surface area (Å²) in [7, 11) is 2.53. The lowest BCUT2D eigenvalue weighted by atomic mass is 9.58. The first kappa shape index (κ1) is 46.5. The Labute approximate surface area is 453 Å². The van der Waals surface area contributed by atoms with Crippen LogP contribution in [0.5, 0.6) is 0 Å². The van der Waals surface area contributed by atoms with Gasteiger partial charge in [0.15, 0.2) is 7.28 Å². The van der Waals surface area contributed by atoms with Crippen LogP contribution in [0.4, 0.5) is 11.4 Å². The van der Waals surface area contributed by atoms with Gasteiger partial charge in [-0.15, -0.1) is 0 Å². The summed E-state index contributed by atoms with van der Waals surface area (Å²) in [6.45, 7) is 21.6. The van der Waals surface area contributed by atoms with E-state index >= 15 is 0 Å². The zero-order valence-corrected chi connectivity index (χ0v) is 45.9. The Morgan fingerprint density at radius 1 is 0.519 bits per heavy atom. The molecule has 0 fully saturated rings. The Balaban J connectivity index is 1.01. The van der Waals surface area contributed by atoms with E-state index in [-0.39, 0.29) is 21.7 Å². The molecule has 11 aromatic rings. The minimum Gasteiger partial charge on any atom is -0.456 e. The van der Waals surface area contributed by atoms with Gasteiger partial charge < -0.3 is 14.3 Å². The van der Waals surface area contributed by atoms with Crippen molar-refractivity contribution < 1.29 is 4.42 Å². The third-order valence-electron chi connectivity index (χ3n) is 18.8. The molecule has 3 nitrogen and oxygen atoms in total. The van der Waals surface area contributed by atoms with E-state index in [1.165, 1.54) is 129 Å². The molecule has 1 radical (unpaired) electrons. The first-order valence-corrected chi connectivity index (χ1v) is 28.1. The van der Waals surface area contributed by atoms with Crippen molar-refractivity contribution in [1.82, 2.24) is 4.57 Å². The van der Waals surface area contributed by atoms with Crippen molar-refractivity contribution in [2.24, 2.45) is 0 Å². The van der Waals surface area contributed by atoms with E-state index in [0.29, 0.717) is 0 Å². The van der Waals surface area contributed by atoms with Crippen molar-refractivity contribution in [2.45, 2.75) is 110 Å². The highest BCUT2D eigenvalue weighted by Gasteiger charge is 2.43. The Morgan fingerprint density at radius 3 is 1.94 bits per heavy atom. The fourth-order valence-corrected chi connectivity index (χ4v) is 14.3. The predicted octanol–water partition coefficient (Wildman–Crippen LogP) is 17.9. The molecule has 1 aliphatic heterocycles. The molecule has 15 rings (SSSR count). The number of rotatable bonds is 5. The van der Waals surface area contributed by atoms with E-state index in [1.807, 2.05) is 0 Å². The van der Waals surface area contributed by atoms with Crippen LogP contribution in [0.2, 0.25) is 0 Å². The standard InChI is InChI=1S/C73H64BN2O/c1-70(2,3)45-25-27-46(28-26-45)75-62-40-58-52(53-37-59-60(39-57(53)73(58,8)9)72(6,7)33-32-71(59,4)5)35-54(62)49-30-31-50-55-36-56-48-22-16-17-23-65(48)77-66(56)41-63(55)76-64-38-51-44(34-61(64)74-68(49)69(50)76)24-29-47(42-18-12-10-13-19-42)67(51)43-20-14-11-15-21-43/h10-23,25-28,30-31,34-41,75H,24,29,32-33H2,1-9H3. The van der Waals surface area contributed by atoms with Gasteiger partial charge in [0.1, 0.15) is 11.2 Å². The molecule has 0 atom stereocenters. The van der Waals surface area contributed by atoms with Crippen LogP contribution in [0.15, 0.2) is 174 Å². The molecule has 1 N–H and O–H groups in total. The van der Waals surface area contributed by atoms with Crippen molar-refractivity contribution in [3.63, 3.8) is 0 Å². The smallest absolute Gasteiger partial charge is 0.197 e. The van der Waals surface area contributed by atoms with E-state index < -0.39 is 0 Å². The van der Waals surface area contributed by atoms with Crippen LogP contribution in [0.25, 0.3) is 82.8 Å². The van der Waals surface area contributed by atoms with Crippen molar-refractivity contribution >= 4 is 84.5 Å². The number of furan rings is 1. The number of nitrogens with one attached hydrogen (secondary N) is 1. The summed E-state index contributed by atoms with van der Waals surface area (Å²) in [5.41, 5.74) is 30.4. The van der Waals surface area contributed by atoms with Gasteiger partial charge in [-0.3, -0.25) is 0 Å². The summed E-state index contributed by atoms with van der Waals surface area (Å²) in [5, 5.41) is 8.84. The SMILES string of the molecule is CC(C)(C)c1ccc(Nc2cc3c(cc2-c2ccc4c5cc6c(cc5n5c4c2[B]c2cc4c(cc2-5)C(c2ccccc2)=C(c2ccccc2)CC4)oc2ccccc26)-c2cc4c(cc2C3(C)C)C(C)(C)CCC4(C)C)cc1. The number of aryl methyl sites for hydroxylation is 1. The van der Waals surface area contributed by atoms with Gasteiger partial charge >= 0.3 is 0 Å². The summed E-state index contributed by atoms with van der Waals surface area (Å²) in [6.07, 6.45) is 4.31. The Kier molecular flexibility index (Phi) is 9.73. The normalized spacial score (nSPS) is 16.5. The molecular formula is C73H64BN2O. The second-order valence-electron chi connectivity index (χ2n) is 25.8. The van der Waals surface area contributed by atoms with E-state index in [4.69, 9.17) is 4.42 Å². The minimum atomic E-state index is -0.203. The topological polar surface area (TPSA) is 30.1 Å². The molecule has 0 saturated carbocycles. The van der Waals surface area contributed by atoms with E-state index in [1.54, 1.807) is 0 Å². The van der Waals surface area contributed by atoms with Crippen LogP contribution in [0, 0.1) is 0 Å². The number of allylic oxidation sites excluding steroid dienone is 1. The van der Waals surface area contributed by atoms with Gasteiger partial charge in [0.05, 0.1) is 5.52 Å². The number of hydrogen-bond donors (Lipinski definition) is 1. The lowest BCUT2D eigenvalue weighted by molar-refractivity contribution is 0.331. The predicted molar refractivity (Wildman–Crippen MR) is 327 cm³/mol. The maximum Gasteiger partial charge on any atom is 0.197 e. The summed E-state index contributed by atoms with van der Waals surface area (Å²) < 4.78 is 9.31. The highest BCUT2D eigenvalue weighted by atomic mass is 16.3. The molecule has 0 spiro atoms. The first-order chi connectivity index (χ1) is 37.0. The Hall–Kier alpha value is -7.82. The average Bonchev–Trinajstić information content (AvgIpc) is 4.23. The molecule has 3 heterocycles. The molecule has 0 amide bonds. The Morgan fingerprint density at radius 2 is 1.19 bits per heavy atom. The van der Waals surface area contributed by atoms with Gasteiger partial charge in [0, 0.05) is 61.2 Å². The fourth-order valence-electron chi connectivity index (χ4n) is 14.3. The van der Waals surface area contributed by atoms with Crippen LogP contribution in [-0.4, -0.2) is 11.8 Å². The maximum atomic E-state index is 6.72. The molecule has 0 saturated heterocycles. The van der Waals surface area contributed by atoms with Crippen molar-refractivity contribution in [3.05, 3.63) is 220 Å². The average molecular weight is 996 g/mol. The van der Waals surface area contributed by atoms with Gasteiger partial charge in [-0.2, -0.15) is 0 Å². The number of nitrogens with zero attached hydrogens (tertiary/aromatic N) is 1. The quantitative estimate of drug-likeness (QED) is 0.174. The van der Waals surface area contributed by atoms with Gasteiger partial charge in [-0.05, 0) is 174 Å². The van der Waals surface area contributed by atoms with Gasteiger partial charge in [-0.1, -0.05) is 183 Å². The Bertz CT molecular complexity index is 4360. The van der Waals surface area contributed by atoms with Crippen LogP contribution in [0.3, 0.4) is 0 Å². The highest BCUT2D eigenvalue weighted by molar-refractivity contribution is 6.73. The molecule has 0 bridgehead atoms. The molecule has 77 heavy (non-hydrogen) atoms. The molecular weight excluding hydrogens is 932 g/mol. The molecule has 3 aliphatic carbocycles. The summed E-state index contributed by atoms with van der Waals surface area (Å²) in [5.74, 6) is 0. The highest BCUT2D eigenvalue weighted by Crippen LogP contribution is 2.57. The summed E-state index contributed by atoms with van der Waals surface area (Å²) >= 11 is 0. The summed E-state index contributed by atoms with van der Waals surface area (Å²) in [6, 6.07) is 64.6.